The van der Waals surface area contributed by atoms with Crippen LogP contribution in [0.3, 0.4) is 0 Å². The van der Waals surface area contributed by atoms with E-state index in [1.807, 2.05) is 0 Å². The van der Waals surface area contributed by atoms with Crippen LogP contribution in [-0.2, 0) is 13.1 Å². The van der Waals surface area contributed by atoms with E-state index in [9.17, 15) is 0 Å². The molecule has 0 radical (unpaired) electrons. The highest BCUT2D eigenvalue weighted by Crippen LogP contribution is 1.98. The standard InChI is InChI=1S/C3H9OP.C2N2O2S/c1-4-2-3-5;3-1-5-7-6-2-4/h2-3,5H2,1H3;. The van der Waals surface area contributed by atoms with E-state index in [-0.39, 0.29) is 0 Å². The predicted octanol–water partition coefficient (Wildman–Crippen LogP) is 1.05. The van der Waals surface area contributed by atoms with Crippen molar-refractivity contribution in [3.05, 3.63) is 0 Å². The van der Waals surface area contributed by atoms with Crippen molar-refractivity contribution in [2.45, 2.75) is 0 Å². The Hall–Kier alpha value is -0.680. The summed E-state index contributed by atoms with van der Waals surface area (Å²) in [6.07, 6.45) is 3.62. The maximum atomic E-state index is 7.61. The summed E-state index contributed by atoms with van der Waals surface area (Å²) in [6, 6.07) is 0. The molecule has 0 spiro atoms. The fourth-order valence-electron chi connectivity index (χ4n) is 0.165. The van der Waals surface area contributed by atoms with E-state index in [4.69, 9.17) is 10.5 Å². The Morgan fingerprint density at radius 1 is 1.33 bits per heavy atom. The van der Waals surface area contributed by atoms with E-state index in [1.54, 1.807) is 7.11 Å². The predicted molar refractivity (Wildman–Crippen MR) is 47.4 cm³/mol. The van der Waals surface area contributed by atoms with Crippen LogP contribution in [0.1, 0.15) is 0 Å². The number of hydrogen-bond acceptors (Lipinski definition) is 6. The van der Waals surface area contributed by atoms with E-state index < -0.39 is 0 Å². The summed E-state index contributed by atoms with van der Waals surface area (Å²) in [6.45, 7) is 0.852. The number of methoxy groups -OCH3 is 1. The van der Waals surface area contributed by atoms with Gasteiger partial charge in [0.25, 0.3) is 0 Å². The largest absolute Gasteiger partial charge is 0.384 e. The molecule has 0 aromatic heterocycles. The highest BCUT2D eigenvalue weighted by molar-refractivity contribution is 7.90. The van der Waals surface area contributed by atoms with E-state index in [2.05, 4.69) is 22.3 Å². The Morgan fingerprint density at radius 2 is 1.83 bits per heavy atom. The van der Waals surface area contributed by atoms with Gasteiger partial charge >= 0.3 is 24.8 Å². The molecule has 0 heterocycles. The molecule has 68 valence electrons. The number of nitrogens with zero attached hydrogens (tertiary/aromatic N) is 2. The molecule has 12 heavy (non-hydrogen) atoms. The first-order chi connectivity index (χ1) is 5.83. The van der Waals surface area contributed by atoms with E-state index in [1.165, 1.54) is 12.5 Å². The fraction of sp³-hybridized carbons (Fsp3) is 0.600. The van der Waals surface area contributed by atoms with Crippen LogP contribution in [0.5, 0.6) is 0 Å². The number of hydrogen-bond donors (Lipinski definition) is 0. The number of nitriles is 2. The molecular weight excluding hydrogens is 199 g/mol. The first-order valence-corrected chi connectivity index (χ1v) is 4.28. The Balaban J connectivity index is 0. The monoisotopic (exact) mass is 208 g/mol. The molecule has 0 bridgehead atoms. The van der Waals surface area contributed by atoms with Crippen LogP contribution in [0.15, 0.2) is 0 Å². The van der Waals surface area contributed by atoms with Crippen molar-refractivity contribution < 1.29 is 13.1 Å². The fourth-order valence-corrected chi connectivity index (χ4v) is 0.496. The van der Waals surface area contributed by atoms with Crippen molar-refractivity contribution in [1.29, 1.82) is 10.5 Å². The lowest BCUT2D eigenvalue weighted by atomic mass is 10.9. The summed E-state index contributed by atoms with van der Waals surface area (Å²) in [7, 11) is 4.27. The lowest BCUT2D eigenvalue weighted by Gasteiger charge is -1.84. The second kappa shape index (κ2) is 16.7. The first kappa shape index (κ1) is 13.9. The number of rotatable bonds is 4. The van der Waals surface area contributed by atoms with Gasteiger partial charge in [0.2, 0.25) is 0 Å². The van der Waals surface area contributed by atoms with Crippen LogP contribution in [0.25, 0.3) is 0 Å². The van der Waals surface area contributed by atoms with Crippen LogP contribution in [0.2, 0.25) is 0 Å². The van der Waals surface area contributed by atoms with Crippen molar-refractivity contribution in [1.82, 2.24) is 0 Å². The molecule has 7 heteroatoms. The van der Waals surface area contributed by atoms with Crippen LogP contribution >= 0.6 is 21.6 Å². The minimum absolute atomic E-state index is 0.331. The second-order valence-electron chi connectivity index (χ2n) is 1.20. The molecule has 5 nitrogen and oxygen atoms in total. The molecule has 0 amide bonds. The third-order valence-corrected chi connectivity index (χ3v) is 0.985. The highest BCUT2D eigenvalue weighted by Gasteiger charge is 1.80. The summed E-state index contributed by atoms with van der Waals surface area (Å²) in [5.41, 5.74) is 0. The molecule has 0 aliphatic heterocycles. The quantitative estimate of drug-likeness (QED) is 0.297. The normalized spacial score (nSPS) is 6.67. The van der Waals surface area contributed by atoms with Crippen molar-refractivity contribution >= 4 is 21.6 Å². The van der Waals surface area contributed by atoms with Crippen LogP contribution < -0.4 is 0 Å². The van der Waals surface area contributed by atoms with Gasteiger partial charge in [0.1, 0.15) is 0 Å². The Bertz CT molecular complexity index is 140. The van der Waals surface area contributed by atoms with Gasteiger partial charge in [-0.3, -0.25) is 0 Å². The molecule has 1 unspecified atom stereocenters. The molecule has 0 saturated carbocycles. The Labute approximate surface area is 78.2 Å². The van der Waals surface area contributed by atoms with Crippen LogP contribution in [0, 0.1) is 23.0 Å². The lowest BCUT2D eigenvalue weighted by Crippen LogP contribution is -1.84. The van der Waals surface area contributed by atoms with E-state index >= 15 is 0 Å². The zero-order chi connectivity index (χ0) is 9.66. The summed E-state index contributed by atoms with van der Waals surface area (Å²) >= 11 is 0.331. The minimum atomic E-state index is 0.331. The summed E-state index contributed by atoms with van der Waals surface area (Å²) in [5, 5.41) is 15.2. The highest BCUT2D eigenvalue weighted by atomic mass is 32.2. The molecule has 0 aliphatic carbocycles. The molecule has 0 aromatic carbocycles. The van der Waals surface area contributed by atoms with Crippen molar-refractivity contribution in [3.63, 3.8) is 0 Å². The Kier molecular flexibility index (Phi) is 19.4. The minimum Gasteiger partial charge on any atom is -0.384 e. The molecule has 0 saturated heterocycles. The topological polar surface area (TPSA) is 75.3 Å². The zero-order valence-corrected chi connectivity index (χ0v) is 8.49. The zero-order valence-electron chi connectivity index (χ0n) is 6.52. The molecule has 0 aromatic rings. The summed E-state index contributed by atoms with van der Waals surface area (Å²) in [5.74, 6) is 0. The third-order valence-electron chi connectivity index (χ3n) is 0.465. The molecular formula is C5H9N2O3PS. The summed E-state index contributed by atoms with van der Waals surface area (Å²) < 4.78 is 12.4. The molecule has 0 fully saturated rings. The molecule has 0 N–H and O–H groups in total. The van der Waals surface area contributed by atoms with Gasteiger partial charge in [-0.25, -0.2) is 0 Å². The smallest absolute Gasteiger partial charge is 0.316 e. The third kappa shape index (κ3) is 22.8. The van der Waals surface area contributed by atoms with E-state index in [0.29, 0.717) is 12.3 Å². The van der Waals surface area contributed by atoms with Gasteiger partial charge in [0, 0.05) is 13.7 Å². The van der Waals surface area contributed by atoms with Crippen LogP contribution in [-0.4, -0.2) is 19.9 Å². The van der Waals surface area contributed by atoms with Gasteiger partial charge in [-0.2, -0.15) is 0 Å². The van der Waals surface area contributed by atoms with Gasteiger partial charge < -0.3 is 13.1 Å². The van der Waals surface area contributed by atoms with Gasteiger partial charge in [-0.15, -0.1) is 19.8 Å². The van der Waals surface area contributed by atoms with Gasteiger partial charge in [0.15, 0.2) is 0 Å². The maximum absolute atomic E-state index is 7.61. The first-order valence-electron chi connectivity index (χ1n) is 2.79. The average Bonchev–Trinajstić information content (AvgIpc) is 2.08. The van der Waals surface area contributed by atoms with Gasteiger partial charge in [-0.05, 0) is 6.16 Å². The van der Waals surface area contributed by atoms with Crippen molar-refractivity contribution in [3.8, 4) is 12.5 Å². The Morgan fingerprint density at radius 3 is 2.00 bits per heavy atom. The molecule has 1 atom stereocenters. The summed E-state index contributed by atoms with van der Waals surface area (Å²) in [4.78, 5) is 0. The van der Waals surface area contributed by atoms with Crippen LogP contribution in [0.4, 0.5) is 0 Å². The van der Waals surface area contributed by atoms with E-state index in [0.717, 1.165) is 12.8 Å². The maximum Gasteiger partial charge on any atom is 0.316 e. The van der Waals surface area contributed by atoms with Crippen molar-refractivity contribution in [2.75, 3.05) is 19.9 Å². The SMILES string of the molecule is COCCP.N#COSOC#N. The average molecular weight is 208 g/mol. The molecule has 0 aliphatic rings. The van der Waals surface area contributed by atoms with Gasteiger partial charge in [0.05, 0.1) is 0 Å². The molecule has 0 rings (SSSR count). The lowest BCUT2D eigenvalue weighted by molar-refractivity contribution is 0.218. The second-order valence-corrected chi connectivity index (χ2v) is 2.25. The van der Waals surface area contributed by atoms with Gasteiger partial charge in [-0.1, -0.05) is 0 Å². The number of ether oxygens (including phenoxy) is 1. The van der Waals surface area contributed by atoms with Crippen molar-refractivity contribution in [2.24, 2.45) is 0 Å².